The minimum Gasteiger partial charge on any atom is -0.463 e. The van der Waals surface area contributed by atoms with Crippen LogP contribution in [0.1, 0.15) is 28.9 Å². The van der Waals surface area contributed by atoms with Crippen LogP contribution in [0.25, 0.3) is 44.0 Å². The summed E-state index contributed by atoms with van der Waals surface area (Å²) in [6.45, 7) is -0.107. The van der Waals surface area contributed by atoms with Crippen LogP contribution < -0.4 is 10.3 Å². The van der Waals surface area contributed by atoms with Gasteiger partial charge in [-0.1, -0.05) is 11.6 Å². The standard InChI is InChI=1S/C27H18Cl2FN5O5S/c28-16-9-19-18(32-27(29)33-19)8-12(16)11-35-20-10-17(30)14-5-7-40-24(14)22(20)21(15-2-1-6-31-25(15)36)23(35)26(37)34-41(38,39)13-3-4-13/h1-2,5-10,13H,3-4,11H2,(H,31,36)(H,32,33)(H,34,37). The number of amides is 1. The van der Waals surface area contributed by atoms with Crippen LogP contribution in [0.3, 0.4) is 0 Å². The van der Waals surface area contributed by atoms with Crippen LogP contribution in [0, 0.1) is 5.82 Å². The summed E-state index contributed by atoms with van der Waals surface area (Å²) < 4.78 is 50.4. The van der Waals surface area contributed by atoms with Gasteiger partial charge in [0.05, 0.1) is 44.4 Å². The Labute approximate surface area is 240 Å². The number of hydrogen-bond acceptors (Lipinski definition) is 6. The number of aromatic nitrogens is 4. The van der Waals surface area contributed by atoms with Gasteiger partial charge in [-0.15, -0.1) is 0 Å². The van der Waals surface area contributed by atoms with E-state index in [2.05, 4.69) is 19.7 Å². The van der Waals surface area contributed by atoms with E-state index in [1.807, 2.05) is 0 Å². The number of imidazole rings is 1. The summed E-state index contributed by atoms with van der Waals surface area (Å²) in [5, 5.41) is 0.131. The van der Waals surface area contributed by atoms with Crippen molar-refractivity contribution in [3.8, 4) is 11.1 Å². The lowest BCUT2D eigenvalue weighted by atomic mass is 10.0. The van der Waals surface area contributed by atoms with Gasteiger partial charge in [0.15, 0.2) is 0 Å². The van der Waals surface area contributed by atoms with Gasteiger partial charge >= 0.3 is 0 Å². The zero-order valence-electron chi connectivity index (χ0n) is 20.8. The van der Waals surface area contributed by atoms with Crippen LogP contribution in [0.2, 0.25) is 10.3 Å². The normalized spacial score (nSPS) is 13.9. The molecule has 0 radical (unpaired) electrons. The molecular formula is C27H18Cl2FN5O5S. The topological polar surface area (TPSA) is 143 Å². The number of aromatic amines is 2. The molecule has 4 heterocycles. The van der Waals surface area contributed by atoms with Crippen molar-refractivity contribution in [3.05, 3.63) is 86.6 Å². The molecule has 0 aliphatic heterocycles. The maximum absolute atomic E-state index is 15.4. The van der Waals surface area contributed by atoms with Gasteiger partial charge in [0.1, 0.15) is 17.1 Å². The number of nitrogens with one attached hydrogen (secondary N) is 3. The van der Waals surface area contributed by atoms with E-state index in [-0.39, 0.29) is 55.5 Å². The van der Waals surface area contributed by atoms with Crippen LogP contribution in [0.4, 0.5) is 4.39 Å². The molecule has 2 aromatic carbocycles. The smallest absolute Gasteiger partial charge is 0.282 e. The van der Waals surface area contributed by atoms with Gasteiger partial charge in [0, 0.05) is 23.3 Å². The molecule has 7 rings (SSSR count). The number of H-pyrrole nitrogens is 2. The molecule has 0 atom stereocenters. The number of rotatable bonds is 6. The van der Waals surface area contributed by atoms with Crippen LogP contribution in [0.15, 0.2) is 58.1 Å². The first kappa shape index (κ1) is 25.8. The molecule has 10 nitrogen and oxygen atoms in total. The van der Waals surface area contributed by atoms with Crippen LogP contribution in [-0.4, -0.2) is 39.1 Å². The number of benzene rings is 2. The predicted molar refractivity (Wildman–Crippen MR) is 152 cm³/mol. The minimum atomic E-state index is -3.99. The summed E-state index contributed by atoms with van der Waals surface area (Å²) in [5.41, 5.74) is 1.28. The maximum Gasteiger partial charge on any atom is 0.282 e. The number of hydrogen-bond donors (Lipinski definition) is 3. The van der Waals surface area contributed by atoms with Crippen molar-refractivity contribution < 1.29 is 22.0 Å². The first-order valence-electron chi connectivity index (χ1n) is 12.4. The largest absolute Gasteiger partial charge is 0.463 e. The third-order valence-electron chi connectivity index (χ3n) is 7.17. The van der Waals surface area contributed by atoms with E-state index in [1.54, 1.807) is 18.2 Å². The number of nitrogens with zero attached hydrogens (tertiary/aromatic N) is 2. The van der Waals surface area contributed by atoms with Gasteiger partial charge in [-0.3, -0.25) is 9.59 Å². The molecule has 208 valence electrons. The Bertz CT molecular complexity index is 2230. The van der Waals surface area contributed by atoms with Crippen LogP contribution in [0.5, 0.6) is 0 Å². The maximum atomic E-state index is 15.4. The van der Waals surface area contributed by atoms with E-state index in [0.29, 0.717) is 29.4 Å². The number of sulfonamides is 1. The molecule has 41 heavy (non-hydrogen) atoms. The highest BCUT2D eigenvalue weighted by molar-refractivity contribution is 7.91. The predicted octanol–water partition coefficient (Wildman–Crippen LogP) is 5.34. The second kappa shape index (κ2) is 9.20. The van der Waals surface area contributed by atoms with E-state index in [9.17, 15) is 18.0 Å². The van der Waals surface area contributed by atoms with E-state index in [0.717, 1.165) is 0 Å². The molecule has 1 amide bonds. The Morgan fingerprint density at radius 2 is 2.02 bits per heavy atom. The second-order valence-electron chi connectivity index (χ2n) is 9.80. The number of pyridine rings is 1. The molecule has 1 fully saturated rings. The first-order chi connectivity index (χ1) is 19.6. The number of carbonyl (C=O) groups is 1. The van der Waals surface area contributed by atoms with Crippen molar-refractivity contribution in [1.82, 2.24) is 24.2 Å². The highest BCUT2D eigenvalue weighted by atomic mass is 35.5. The van der Waals surface area contributed by atoms with Gasteiger partial charge in [-0.2, -0.15) is 0 Å². The number of furan rings is 1. The zero-order chi connectivity index (χ0) is 28.6. The Morgan fingerprint density at radius 3 is 2.78 bits per heavy atom. The highest BCUT2D eigenvalue weighted by Gasteiger charge is 2.39. The van der Waals surface area contributed by atoms with Crippen molar-refractivity contribution in [3.63, 3.8) is 0 Å². The Kier molecular flexibility index (Phi) is 5.79. The van der Waals surface area contributed by atoms with Gasteiger partial charge in [-0.25, -0.2) is 22.5 Å². The SMILES string of the molecule is O=C(NS(=O)(=O)C1CC1)c1c(-c2ccc[nH]c2=O)c2c3occc3c(F)cc2n1Cc1cc2[nH]c(Cl)nc2cc1Cl. The fraction of sp³-hybridized carbons (Fsp3) is 0.148. The molecule has 6 aromatic rings. The molecular weight excluding hydrogens is 596 g/mol. The summed E-state index contributed by atoms with van der Waals surface area (Å²) in [4.78, 5) is 36.7. The number of halogens is 3. The Balaban J connectivity index is 1.57. The lowest BCUT2D eigenvalue weighted by Gasteiger charge is -2.14. The Morgan fingerprint density at radius 1 is 1.22 bits per heavy atom. The molecule has 4 aromatic heterocycles. The van der Waals surface area contributed by atoms with E-state index < -0.39 is 32.6 Å². The van der Waals surface area contributed by atoms with Crippen LogP contribution in [-0.2, 0) is 16.6 Å². The third-order valence-corrected chi connectivity index (χ3v) is 9.52. The molecule has 0 unspecified atom stereocenters. The lowest BCUT2D eigenvalue weighted by molar-refractivity contribution is 0.0974. The molecule has 14 heteroatoms. The van der Waals surface area contributed by atoms with E-state index in [1.165, 1.54) is 35.2 Å². The van der Waals surface area contributed by atoms with Gasteiger partial charge < -0.3 is 19.0 Å². The molecule has 0 spiro atoms. The fourth-order valence-corrected chi connectivity index (χ4v) is 6.85. The Hall–Kier alpha value is -4.13. The fourth-order valence-electron chi connectivity index (χ4n) is 5.16. The van der Waals surface area contributed by atoms with E-state index in [4.69, 9.17) is 27.6 Å². The van der Waals surface area contributed by atoms with Gasteiger partial charge in [0.25, 0.3) is 11.5 Å². The summed E-state index contributed by atoms with van der Waals surface area (Å²) in [5.74, 6) is -1.61. The lowest BCUT2D eigenvalue weighted by Crippen LogP contribution is -2.35. The van der Waals surface area contributed by atoms with Gasteiger partial charge in [-0.05, 0) is 66.4 Å². The summed E-state index contributed by atoms with van der Waals surface area (Å²) in [6.07, 6.45) is 3.58. The zero-order valence-corrected chi connectivity index (χ0v) is 23.1. The molecule has 1 aliphatic carbocycles. The molecule has 0 bridgehead atoms. The van der Waals surface area contributed by atoms with Crippen molar-refractivity contribution in [2.75, 3.05) is 0 Å². The van der Waals surface area contributed by atoms with Crippen molar-refractivity contribution >= 4 is 72.0 Å². The number of fused-ring (bicyclic) bond motifs is 4. The molecule has 0 saturated heterocycles. The van der Waals surface area contributed by atoms with Crippen molar-refractivity contribution in [1.29, 1.82) is 0 Å². The molecule has 3 N–H and O–H groups in total. The third kappa shape index (κ3) is 4.21. The molecule has 1 saturated carbocycles. The quantitative estimate of drug-likeness (QED) is 0.231. The van der Waals surface area contributed by atoms with Crippen molar-refractivity contribution in [2.24, 2.45) is 0 Å². The number of carbonyl (C=O) groups excluding carboxylic acids is 1. The minimum absolute atomic E-state index is 0.0661. The van der Waals surface area contributed by atoms with Crippen LogP contribution >= 0.6 is 23.2 Å². The second-order valence-corrected chi connectivity index (χ2v) is 12.5. The first-order valence-corrected chi connectivity index (χ1v) is 14.7. The highest BCUT2D eigenvalue weighted by Crippen LogP contribution is 2.41. The average molecular weight is 614 g/mol. The van der Waals surface area contributed by atoms with Crippen molar-refractivity contribution in [2.45, 2.75) is 24.6 Å². The molecule has 1 aliphatic rings. The summed E-state index contributed by atoms with van der Waals surface area (Å²) in [6, 6.07) is 8.99. The summed E-state index contributed by atoms with van der Waals surface area (Å²) >= 11 is 12.6. The van der Waals surface area contributed by atoms with E-state index >= 15 is 4.39 Å². The average Bonchev–Trinajstić information content (AvgIpc) is 3.45. The monoisotopic (exact) mass is 613 g/mol. The van der Waals surface area contributed by atoms with Gasteiger partial charge in [0.2, 0.25) is 15.3 Å². The summed E-state index contributed by atoms with van der Waals surface area (Å²) in [7, 11) is -3.99.